The highest BCUT2D eigenvalue weighted by Crippen LogP contribution is 2.51. The number of hydrogen-bond acceptors (Lipinski definition) is 3. The van der Waals surface area contributed by atoms with Gasteiger partial charge in [0.05, 0.1) is 6.10 Å². The maximum Gasteiger partial charge on any atom is 0.0684 e. The lowest BCUT2D eigenvalue weighted by Gasteiger charge is -2.60. The Morgan fingerprint density at radius 2 is 2.21 bits per heavy atom. The summed E-state index contributed by atoms with van der Waals surface area (Å²) in [5, 5.41) is 3.80. The van der Waals surface area contributed by atoms with Gasteiger partial charge in [0, 0.05) is 40.3 Å². The Hall–Kier alpha value is -0.380. The lowest BCUT2D eigenvalue weighted by atomic mass is 9.55. The highest BCUT2D eigenvalue weighted by molar-refractivity contribution is 7.12. The summed E-state index contributed by atoms with van der Waals surface area (Å²) in [7, 11) is 0. The second-order valence-corrected chi connectivity index (χ2v) is 8.07. The zero-order valence-electron chi connectivity index (χ0n) is 12.5. The van der Waals surface area contributed by atoms with E-state index in [0.29, 0.717) is 12.1 Å². The number of thiophene rings is 1. The highest BCUT2D eigenvalue weighted by Gasteiger charge is 2.57. The van der Waals surface area contributed by atoms with E-state index in [4.69, 9.17) is 4.74 Å². The molecule has 2 heterocycles. The van der Waals surface area contributed by atoms with E-state index in [-0.39, 0.29) is 5.41 Å². The average molecular weight is 279 g/mol. The molecule has 1 aliphatic carbocycles. The van der Waals surface area contributed by atoms with Crippen molar-refractivity contribution >= 4 is 11.3 Å². The van der Waals surface area contributed by atoms with Crippen molar-refractivity contribution in [3.8, 4) is 0 Å². The van der Waals surface area contributed by atoms with Crippen LogP contribution in [-0.2, 0) is 11.3 Å². The minimum atomic E-state index is 0.284. The van der Waals surface area contributed by atoms with Crippen LogP contribution < -0.4 is 5.32 Å². The van der Waals surface area contributed by atoms with E-state index in [1.54, 1.807) is 0 Å². The molecule has 1 aromatic heterocycles. The summed E-state index contributed by atoms with van der Waals surface area (Å²) in [5.74, 6) is 0.728. The first-order chi connectivity index (χ1) is 9.00. The molecule has 3 unspecified atom stereocenters. The fourth-order valence-electron chi connectivity index (χ4n) is 3.88. The Bertz CT molecular complexity index is 446. The molecule has 3 atom stereocenters. The Morgan fingerprint density at radius 3 is 2.89 bits per heavy atom. The van der Waals surface area contributed by atoms with Crippen LogP contribution in [0.2, 0.25) is 0 Å². The van der Waals surface area contributed by atoms with Crippen molar-refractivity contribution in [1.29, 1.82) is 0 Å². The molecular formula is C16H25NOS. The first-order valence-corrected chi connectivity index (χ1v) is 8.22. The van der Waals surface area contributed by atoms with Crippen LogP contribution in [0.25, 0.3) is 0 Å². The largest absolute Gasteiger partial charge is 0.377 e. The molecule has 2 aliphatic rings. The maximum atomic E-state index is 5.96. The summed E-state index contributed by atoms with van der Waals surface area (Å²) in [5.41, 5.74) is 1.71. The van der Waals surface area contributed by atoms with Gasteiger partial charge in [-0.3, -0.25) is 0 Å². The van der Waals surface area contributed by atoms with E-state index >= 15 is 0 Å². The van der Waals surface area contributed by atoms with E-state index in [1.807, 2.05) is 11.3 Å². The number of hydrogen-bond donors (Lipinski definition) is 1. The van der Waals surface area contributed by atoms with Gasteiger partial charge in [-0.05, 0) is 38.3 Å². The van der Waals surface area contributed by atoms with Crippen LogP contribution in [0.3, 0.4) is 0 Å². The Balaban J connectivity index is 1.63. The van der Waals surface area contributed by atoms with E-state index in [0.717, 1.165) is 19.1 Å². The van der Waals surface area contributed by atoms with Gasteiger partial charge in [0.25, 0.3) is 0 Å². The summed E-state index contributed by atoms with van der Waals surface area (Å²) in [6, 6.07) is 2.94. The molecule has 1 N–H and O–H groups in total. The van der Waals surface area contributed by atoms with Crippen LogP contribution in [-0.4, -0.2) is 18.8 Å². The van der Waals surface area contributed by atoms with Crippen LogP contribution in [0.15, 0.2) is 6.07 Å². The summed E-state index contributed by atoms with van der Waals surface area (Å²) >= 11 is 1.93. The minimum Gasteiger partial charge on any atom is -0.377 e. The number of rotatable bonds is 3. The molecule has 2 nitrogen and oxygen atoms in total. The zero-order chi connectivity index (χ0) is 13.6. The number of nitrogens with one attached hydrogen (secondary N) is 1. The molecule has 0 bridgehead atoms. The molecule has 0 spiro atoms. The minimum absolute atomic E-state index is 0.284. The predicted molar refractivity (Wildman–Crippen MR) is 80.7 cm³/mol. The Labute approximate surface area is 120 Å². The topological polar surface area (TPSA) is 21.3 Å². The smallest absolute Gasteiger partial charge is 0.0684 e. The van der Waals surface area contributed by atoms with Crippen LogP contribution in [0.1, 0.15) is 42.0 Å². The molecule has 1 aliphatic heterocycles. The summed E-state index contributed by atoms with van der Waals surface area (Å²) < 4.78 is 5.96. The molecule has 2 fully saturated rings. The third-order valence-corrected chi connectivity index (χ3v) is 6.20. The van der Waals surface area contributed by atoms with Gasteiger partial charge in [-0.25, -0.2) is 0 Å². The van der Waals surface area contributed by atoms with Crippen LogP contribution in [0, 0.1) is 25.2 Å². The summed E-state index contributed by atoms with van der Waals surface area (Å²) in [6.07, 6.45) is 3.03. The Kier molecular flexibility index (Phi) is 3.48. The SMILES string of the molecule is Cc1cc(CNC2C3CCCOC3C2(C)C)sc1C. The van der Waals surface area contributed by atoms with Crippen LogP contribution in [0.5, 0.6) is 0 Å². The standard InChI is InChI=1S/C16H25NOS/c1-10-8-12(19-11(10)2)9-17-14-13-6-5-7-18-15(13)16(14,3)4/h8,13-15,17H,5-7,9H2,1-4H3. The summed E-state index contributed by atoms with van der Waals surface area (Å²) in [4.78, 5) is 2.91. The van der Waals surface area contributed by atoms with Gasteiger partial charge in [-0.1, -0.05) is 13.8 Å². The average Bonchev–Trinajstić information content (AvgIpc) is 2.69. The van der Waals surface area contributed by atoms with Crippen molar-refractivity contribution in [3.05, 3.63) is 21.4 Å². The van der Waals surface area contributed by atoms with Gasteiger partial charge in [0.15, 0.2) is 0 Å². The third kappa shape index (κ3) is 2.26. The first kappa shape index (κ1) is 13.6. The molecule has 1 aromatic rings. The van der Waals surface area contributed by atoms with Gasteiger partial charge >= 0.3 is 0 Å². The fraction of sp³-hybridized carbons (Fsp3) is 0.750. The second-order valence-electron chi connectivity index (χ2n) is 6.73. The van der Waals surface area contributed by atoms with E-state index in [2.05, 4.69) is 39.1 Å². The second kappa shape index (κ2) is 4.87. The number of ether oxygens (including phenoxy) is 1. The van der Waals surface area contributed by atoms with Gasteiger partial charge in [-0.15, -0.1) is 11.3 Å². The number of aryl methyl sites for hydroxylation is 2. The van der Waals surface area contributed by atoms with Crippen LogP contribution >= 0.6 is 11.3 Å². The zero-order valence-corrected chi connectivity index (χ0v) is 13.3. The van der Waals surface area contributed by atoms with Gasteiger partial charge in [0.1, 0.15) is 0 Å². The monoisotopic (exact) mass is 279 g/mol. The molecule has 1 saturated heterocycles. The maximum absolute atomic E-state index is 5.96. The quantitative estimate of drug-likeness (QED) is 0.911. The summed E-state index contributed by atoms with van der Waals surface area (Å²) in [6.45, 7) is 11.1. The van der Waals surface area contributed by atoms with Gasteiger partial charge < -0.3 is 10.1 Å². The van der Waals surface area contributed by atoms with E-state index in [9.17, 15) is 0 Å². The molecule has 0 aromatic carbocycles. The third-order valence-electron chi connectivity index (χ3n) is 5.04. The molecule has 0 amide bonds. The van der Waals surface area contributed by atoms with Crippen molar-refractivity contribution in [2.24, 2.45) is 11.3 Å². The van der Waals surface area contributed by atoms with Crippen LogP contribution in [0.4, 0.5) is 0 Å². The van der Waals surface area contributed by atoms with Gasteiger partial charge in [0.2, 0.25) is 0 Å². The molecule has 3 rings (SSSR count). The van der Waals surface area contributed by atoms with Crippen molar-refractivity contribution in [2.75, 3.05) is 6.61 Å². The van der Waals surface area contributed by atoms with E-state index in [1.165, 1.54) is 28.2 Å². The molecule has 19 heavy (non-hydrogen) atoms. The van der Waals surface area contributed by atoms with Crippen molar-refractivity contribution < 1.29 is 4.74 Å². The van der Waals surface area contributed by atoms with Crippen molar-refractivity contribution in [3.63, 3.8) is 0 Å². The molecule has 1 saturated carbocycles. The van der Waals surface area contributed by atoms with Crippen molar-refractivity contribution in [2.45, 2.75) is 59.2 Å². The Morgan fingerprint density at radius 1 is 1.42 bits per heavy atom. The first-order valence-electron chi connectivity index (χ1n) is 7.41. The number of fused-ring (bicyclic) bond motifs is 1. The van der Waals surface area contributed by atoms with E-state index < -0.39 is 0 Å². The molecule has 106 valence electrons. The molecular weight excluding hydrogens is 254 g/mol. The fourth-order valence-corrected chi connectivity index (χ4v) is 4.89. The normalized spacial score (nSPS) is 32.7. The van der Waals surface area contributed by atoms with Crippen molar-refractivity contribution in [1.82, 2.24) is 5.32 Å². The predicted octanol–water partition coefficient (Wildman–Crippen LogP) is 3.66. The lowest BCUT2D eigenvalue weighted by molar-refractivity contribution is -0.192. The van der Waals surface area contributed by atoms with Gasteiger partial charge in [-0.2, -0.15) is 0 Å². The molecule has 3 heteroatoms. The lowest BCUT2D eigenvalue weighted by Crippen LogP contribution is -2.69. The highest BCUT2D eigenvalue weighted by atomic mass is 32.1. The molecule has 0 radical (unpaired) electrons.